The van der Waals surface area contributed by atoms with Crippen LogP contribution in [0.3, 0.4) is 0 Å². The number of aliphatic imine (C=N–C) groups is 1. The first-order valence-corrected chi connectivity index (χ1v) is 4.09. The third-order valence-electron chi connectivity index (χ3n) is 1.22. The SMILES string of the molecule is CC.CC1(C)C=CC=CN=C1. The summed E-state index contributed by atoms with van der Waals surface area (Å²) < 4.78 is 0. The Kier molecular flexibility index (Phi) is 4.51. The molecule has 0 unspecified atom stereocenters. The van der Waals surface area contributed by atoms with Gasteiger partial charge in [-0.15, -0.1) is 0 Å². The molecule has 1 aliphatic rings. The quantitative estimate of drug-likeness (QED) is 0.504. The summed E-state index contributed by atoms with van der Waals surface area (Å²) in [7, 11) is 0. The summed E-state index contributed by atoms with van der Waals surface area (Å²) in [6.45, 7) is 8.25. The second kappa shape index (κ2) is 4.89. The molecule has 0 saturated heterocycles. The molecule has 0 N–H and O–H groups in total. The van der Waals surface area contributed by atoms with E-state index in [0.717, 1.165) is 0 Å². The van der Waals surface area contributed by atoms with Crippen LogP contribution in [0.1, 0.15) is 27.7 Å². The van der Waals surface area contributed by atoms with Crippen LogP contribution in [0.2, 0.25) is 0 Å². The fraction of sp³-hybridized carbons (Fsp3) is 0.500. The van der Waals surface area contributed by atoms with Crippen LogP contribution in [0.25, 0.3) is 0 Å². The molecular formula is C10H17N. The van der Waals surface area contributed by atoms with E-state index in [9.17, 15) is 0 Å². The van der Waals surface area contributed by atoms with Crippen molar-refractivity contribution in [2.24, 2.45) is 10.4 Å². The molecular weight excluding hydrogens is 134 g/mol. The van der Waals surface area contributed by atoms with E-state index in [0.29, 0.717) is 0 Å². The Morgan fingerprint density at radius 1 is 1.09 bits per heavy atom. The highest BCUT2D eigenvalue weighted by molar-refractivity contribution is 5.68. The van der Waals surface area contributed by atoms with E-state index in [4.69, 9.17) is 0 Å². The van der Waals surface area contributed by atoms with Gasteiger partial charge in [-0.3, -0.25) is 4.99 Å². The van der Waals surface area contributed by atoms with Crippen molar-refractivity contribution in [3.8, 4) is 0 Å². The summed E-state index contributed by atoms with van der Waals surface area (Å²) in [5.74, 6) is 0. The summed E-state index contributed by atoms with van der Waals surface area (Å²) in [6.07, 6.45) is 9.82. The molecule has 0 atom stereocenters. The minimum absolute atomic E-state index is 0.128. The fourth-order valence-corrected chi connectivity index (χ4v) is 0.681. The maximum Gasteiger partial charge on any atom is 0.0264 e. The lowest BCUT2D eigenvalue weighted by atomic mass is 9.95. The zero-order valence-electron chi connectivity index (χ0n) is 7.83. The molecule has 1 heterocycles. The smallest absolute Gasteiger partial charge is 0.0264 e. The largest absolute Gasteiger partial charge is 0.268 e. The molecule has 0 aromatic rings. The Balaban J connectivity index is 0.000000461. The molecule has 62 valence electrons. The van der Waals surface area contributed by atoms with E-state index in [-0.39, 0.29) is 5.41 Å². The molecule has 0 bridgehead atoms. The molecule has 1 rings (SSSR count). The van der Waals surface area contributed by atoms with Gasteiger partial charge in [0.1, 0.15) is 0 Å². The van der Waals surface area contributed by atoms with Crippen molar-refractivity contribution in [2.75, 3.05) is 0 Å². The van der Waals surface area contributed by atoms with Crippen molar-refractivity contribution in [1.29, 1.82) is 0 Å². The van der Waals surface area contributed by atoms with Gasteiger partial charge in [0, 0.05) is 17.8 Å². The number of rotatable bonds is 0. The van der Waals surface area contributed by atoms with Gasteiger partial charge in [-0.25, -0.2) is 0 Å². The van der Waals surface area contributed by atoms with Crippen molar-refractivity contribution < 1.29 is 0 Å². The Bertz CT molecular complexity index is 155. The number of nitrogens with zero attached hydrogens (tertiary/aromatic N) is 1. The molecule has 0 aromatic carbocycles. The Labute approximate surface area is 69.5 Å². The lowest BCUT2D eigenvalue weighted by Crippen LogP contribution is -2.07. The van der Waals surface area contributed by atoms with E-state index in [2.05, 4.69) is 24.9 Å². The van der Waals surface area contributed by atoms with Gasteiger partial charge in [-0.2, -0.15) is 0 Å². The highest BCUT2D eigenvalue weighted by atomic mass is 14.7. The number of hydrogen-bond donors (Lipinski definition) is 0. The van der Waals surface area contributed by atoms with Crippen molar-refractivity contribution >= 4 is 6.21 Å². The fourth-order valence-electron chi connectivity index (χ4n) is 0.681. The van der Waals surface area contributed by atoms with E-state index in [1.807, 2.05) is 32.2 Å². The van der Waals surface area contributed by atoms with Gasteiger partial charge in [-0.05, 0) is 6.08 Å². The number of hydrogen-bond acceptors (Lipinski definition) is 1. The van der Waals surface area contributed by atoms with Crippen molar-refractivity contribution in [2.45, 2.75) is 27.7 Å². The molecule has 0 saturated carbocycles. The van der Waals surface area contributed by atoms with Crippen molar-refractivity contribution in [3.63, 3.8) is 0 Å². The van der Waals surface area contributed by atoms with Gasteiger partial charge in [0.25, 0.3) is 0 Å². The predicted molar refractivity (Wildman–Crippen MR) is 51.9 cm³/mol. The zero-order chi connectivity index (χ0) is 8.74. The molecule has 0 aromatic heterocycles. The second-order valence-electron chi connectivity index (χ2n) is 2.80. The highest BCUT2D eigenvalue weighted by Gasteiger charge is 2.08. The summed E-state index contributed by atoms with van der Waals surface area (Å²) in [5, 5.41) is 0. The highest BCUT2D eigenvalue weighted by Crippen LogP contribution is 2.14. The van der Waals surface area contributed by atoms with Crippen molar-refractivity contribution in [1.82, 2.24) is 0 Å². The molecule has 1 aliphatic heterocycles. The van der Waals surface area contributed by atoms with Crippen molar-refractivity contribution in [3.05, 3.63) is 24.4 Å². The molecule has 1 nitrogen and oxygen atoms in total. The number of allylic oxidation sites excluding steroid dienone is 3. The first kappa shape index (κ1) is 10.2. The average Bonchev–Trinajstić information content (AvgIpc) is 2.17. The molecule has 0 aliphatic carbocycles. The van der Waals surface area contributed by atoms with Crippen LogP contribution in [0.4, 0.5) is 0 Å². The van der Waals surface area contributed by atoms with Gasteiger partial charge in [0.15, 0.2) is 0 Å². The molecule has 11 heavy (non-hydrogen) atoms. The summed E-state index contributed by atoms with van der Waals surface area (Å²) in [5.41, 5.74) is 0.128. The summed E-state index contributed by atoms with van der Waals surface area (Å²) in [6, 6.07) is 0. The minimum Gasteiger partial charge on any atom is -0.268 e. The topological polar surface area (TPSA) is 12.4 Å². The van der Waals surface area contributed by atoms with E-state index >= 15 is 0 Å². The van der Waals surface area contributed by atoms with Crippen LogP contribution in [-0.4, -0.2) is 6.21 Å². The van der Waals surface area contributed by atoms with Gasteiger partial charge in [0.2, 0.25) is 0 Å². The lowest BCUT2D eigenvalue weighted by molar-refractivity contribution is 0.695. The standard InChI is InChI=1S/C8H11N.C2H6/c1-8(2)5-3-4-6-9-7-8;1-2/h3-7H,1-2H3;1-2H3. The first-order chi connectivity index (χ1) is 5.21. The van der Waals surface area contributed by atoms with E-state index in [1.165, 1.54) is 0 Å². The summed E-state index contributed by atoms with van der Waals surface area (Å²) >= 11 is 0. The van der Waals surface area contributed by atoms with Gasteiger partial charge in [0.05, 0.1) is 0 Å². The molecule has 0 fully saturated rings. The Morgan fingerprint density at radius 3 is 2.36 bits per heavy atom. The monoisotopic (exact) mass is 151 g/mol. The molecule has 0 radical (unpaired) electrons. The zero-order valence-corrected chi connectivity index (χ0v) is 7.83. The molecule has 0 spiro atoms. The molecule has 1 heteroatoms. The maximum absolute atomic E-state index is 4.06. The van der Waals surface area contributed by atoms with Gasteiger partial charge < -0.3 is 0 Å². The normalized spacial score (nSPS) is 18.5. The predicted octanol–water partition coefficient (Wildman–Crippen LogP) is 3.19. The van der Waals surface area contributed by atoms with Crippen LogP contribution in [-0.2, 0) is 0 Å². The van der Waals surface area contributed by atoms with Gasteiger partial charge >= 0.3 is 0 Å². The lowest BCUT2D eigenvalue weighted by Gasteiger charge is -2.10. The average molecular weight is 151 g/mol. The van der Waals surface area contributed by atoms with Crippen LogP contribution in [0.5, 0.6) is 0 Å². The van der Waals surface area contributed by atoms with Crippen LogP contribution in [0.15, 0.2) is 29.4 Å². The maximum atomic E-state index is 4.06. The van der Waals surface area contributed by atoms with E-state index in [1.54, 1.807) is 6.20 Å². The Hall–Kier alpha value is -0.850. The second-order valence-corrected chi connectivity index (χ2v) is 2.80. The Morgan fingerprint density at radius 2 is 1.73 bits per heavy atom. The molecule has 0 amide bonds. The third kappa shape index (κ3) is 4.54. The van der Waals surface area contributed by atoms with E-state index < -0.39 is 0 Å². The first-order valence-electron chi connectivity index (χ1n) is 4.09. The third-order valence-corrected chi connectivity index (χ3v) is 1.22. The van der Waals surface area contributed by atoms with Gasteiger partial charge in [-0.1, -0.05) is 39.8 Å². The van der Waals surface area contributed by atoms with Crippen LogP contribution < -0.4 is 0 Å². The van der Waals surface area contributed by atoms with Crippen LogP contribution >= 0.6 is 0 Å². The van der Waals surface area contributed by atoms with Crippen LogP contribution in [0, 0.1) is 5.41 Å². The minimum atomic E-state index is 0.128. The summed E-state index contributed by atoms with van der Waals surface area (Å²) in [4.78, 5) is 4.06.